The molecule has 0 aromatic heterocycles. The fourth-order valence-electron chi connectivity index (χ4n) is 3.63. The molecule has 0 saturated carbocycles. The van der Waals surface area contributed by atoms with E-state index in [9.17, 15) is 4.39 Å². The topological polar surface area (TPSA) is 27.7 Å². The molecule has 0 N–H and O–H groups in total. The maximum Gasteiger partial charge on any atom is 0.466 e. The van der Waals surface area contributed by atoms with Crippen molar-refractivity contribution in [1.82, 2.24) is 0 Å². The van der Waals surface area contributed by atoms with E-state index in [1.54, 1.807) is 0 Å². The van der Waals surface area contributed by atoms with Gasteiger partial charge in [0.1, 0.15) is 5.83 Å². The summed E-state index contributed by atoms with van der Waals surface area (Å²) in [6, 6.07) is 0. The van der Waals surface area contributed by atoms with Crippen LogP contribution in [0.1, 0.15) is 54.4 Å². The van der Waals surface area contributed by atoms with E-state index in [4.69, 9.17) is 14.0 Å². The van der Waals surface area contributed by atoms with E-state index in [-0.39, 0.29) is 17.6 Å². The van der Waals surface area contributed by atoms with Crippen LogP contribution >= 0.6 is 0 Å². The van der Waals surface area contributed by atoms with Gasteiger partial charge in [-0.2, -0.15) is 0 Å². The summed E-state index contributed by atoms with van der Waals surface area (Å²) in [5, 5.41) is 0. The van der Waals surface area contributed by atoms with Gasteiger partial charge in [0.05, 0.1) is 17.8 Å². The highest BCUT2D eigenvalue weighted by molar-refractivity contribution is 6.48. The van der Waals surface area contributed by atoms with Crippen LogP contribution in [0, 0.1) is 5.92 Å². The summed E-state index contributed by atoms with van der Waals surface area (Å²) in [6.07, 6.45) is 1.81. The summed E-state index contributed by atoms with van der Waals surface area (Å²) in [4.78, 5) is 0. The predicted octanol–water partition coefficient (Wildman–Crippen LogP) is 4.41. The Kier molecular flexibility index (Phi) is 3.72. The monoisotopic (exact) mass is 308 g/mol. The van der Waals surface area contributed by atoms with Crippen molar-refractivity contribution in [3.8, 4) is 0 Å². The average Bonchev–Trinajstić information content (AvgIpc) is 2.65. The number of halogens is 1. The Morgan fingerprint density at radius 1 is 1.14 bits per heavy atom. The van der Waals surface area contributed by atoms with Crippen LogP contribution in [0.25, 0.3) is 0 Å². The molecule has 2 unspecified atom stereocenters. The Hall–Kier alpha value is -0.805. The zero-order valence-corrected chi connectivity index (χ0v) is 14.5. The predicted molar refractivity (Wildman–Crippen MR) is 85.0 cm³/mol. The third-order valence-corrected chi connectivity index (χ3v) is 5.79. The molecular weight excluding hydrogens is 282 g/mol. The normalized spacial score (nSPS) is 33.9. The van der Waals surface area contributed by atoms with E-state index in [0.717, 1.165) is 24.0 Å². The standard InChI is InChI=1S/C17H26BFO3/c1-10-12-8-7-9-20-15(12)14(19)11(2)13(10)18-21-16(3,4)17(5,6)22-18/h11,13H,7-9H2,1-6H3. The van der Waals surface area contributed by atoms with Crippen LogP contribution in [0.15, 0.2) is 22.7 Å². The molecule has 3 rings (SSSR count). The van der Waals surface area contributed by atoms with Crippen LogP contribution in [0.2, 0.25) is 5.82 Å². The third-order valence-electron chi connectivity index (χ3n) is 5.79. The molecule has 0 aromatic carbocycles. The highest BCUT2D eigenvalue weighted by Crippen LogP contribution is 2.51. The lowest BCUT2D eigenvalue weighted by molar-refractivity contribution is 0.00578. The van der Waals surface area contributed by atoms with Crippen molar-refractivity contribution in [2.75, 3.05) is 6.61 Å². The zero-order valence-electron chi connectivity index (χ0n) is 14.5. The number of hydrogen-bond donors (Lipinski definition) is 0. The number of hydrogen-bond acceptors (Lipinski definition) is 3. The van der Waals surface area contributed by atoms with Crippen LogP contribution in [0.3, 0.4) is 0 Å². The molecular formula is C17H26BFO3. The molecule has 2 saturated heterocycles. The van der Waals surface area contributed by atoms with Crippen molar-refractivity contribution in [3.05, 3.63) is 22.7 Å². The van der Waals surface area contributed by atoms with E-state index >= 15 is 0 Å². The second kappa shape index (κ2) is 5.10. The van der Waals surface area contributed by atoms with Crippen molar-refractivity contribution >= 4 is 7.12 Å². The van der Waals surface area contributed by atoms with Gasteiger partial charge in [0, 0.05) is 11.7 Å². The molecule has 22 heavy (non-hydrogen) atoms. The van der Waals surface area contributed by atoms with Crippen LogP contribution < -0.4 is 0 Å². The van der Waals surface area contributed by atoms with Gasteiger partial charge in [0.2, 0.25) is 0 Å². The molecule has 3 aliphatic rings. The molecule has 122 valence electrons. The first-order valence-corrected chi connectivity index (χ1v) is 8.24. The van der Waals surface area contributed by atoms with Crippen molar-refractivity contribution < 1.29 is 18.4 Å². The minimum absolute atomic E-state index is 0.0958. The molecule has 0 spiro atoms. The van der Waals surface area contributed by atoms with E-state index < -0.39 is 18.3 Å². The summed E-state index contributed by atoms with van der Waals surface area (Å²) in [7, 11) is -0.415. The summed E-state index contributed by atoms with van der Waals surface area (Å²) in [6.45, 7) is 12.7. The molecule has 0 aromatic rings. The third kappa shape index (κ3) is 2.25. The summed E-state index contributed by atoms with van der Waals surface area (Å²) in [5.74, 6) is -0.0583. The Bertz CT molecular complexity index is 534. The van der Waals surface area contributed by atoms with Crippen molar-refractivity contribution in [2.24, 2.45) is 5.92 Å². The van der Waals surface area contributed by atoms with E-state index in [1.165, 1.54) is 0 Å². The van der Waals surface area contributed by atoms with Gasteiger partial charge in [-0.25, -0.2) is 4.39 Å². The van der Waals surface area contributed by atoms with Gasteiger partial charge >= 0.3 is 7.12 Å². The lowest BCUT2D eigenvalue weighted by atomic mass is 9.58. The molecule has 2 fully saturated rings. The van der Waals surface area contributed by atoms with Gasteiger partial charge in [-0.15, -0.1) is 0 Å². The van der Waals surface area contributed by atoms with Crippen molar-refractivity contribution in [3.63, 3.8) is 0 Å². The second-order valence-electron chi connectivity index (χ2n) is 7.73. The molecule has 2 atom stereocenters. The maximum absolute atomic E-state index is 14.8. The van der Waals surface area contributed by atoms with Gasteiger partial charge in [0.15, 0.2) is 5.76 Å². The number of ether oxygens (including phenoxy) is 1. The molecule has 2 aliphatic heterocycles. The van der Waals surface area contributed by atoms with Gasteiger partial charge < -0.3 is 14.0 Å². The number of allylic oxidation sites excluding steroid dienone is 3. The van der Waals surface area contributed by atoms with Gasteiger partial charge in [-0.3, -0.25) is 0 Å². The Balaban J connectivity index is 1.96. The number of fused-ring (bicyclic) bond motifs is 1. The fraction of sp³-hybridized carbons (Fsp3) is 0.765. The molecule has 2 heterocycles. The zero-order chi connectivity index (χ0) is 16.3. The first kappa shape index (κ1) is 16.1. The molecule has 0 radical (unpaired) electrons. The second-order valence-corrected chi connectivity index (χ2v) is 7.73. The van der Waals surface area contributed by atoms with E-state index in [1.807, 2.05) is 34.6 Å². The van der Waals surface area contributed by atoms with E-state index in [2.05, 4.69) is 6.92 Å². The summed E-state index contributed by atoms with van der Waals surface area (Å²) < 4.78 is 32.7. The quantitative estimate of drug-likeness (QED) is 0.672. The molecule has 0 amide bonds. The minimum Gasteiger partial charge on any atom is -0.491 e. The Morgan fingerprint density at radius 3 is 2.32 bits per heavy atom. The van der Waals surface area contributed by atoms with Crippen LogP contribution in [-0.2, 0) is 14.0 Å². The first-order chi connectivity index (χ1) is 10.2. The minimum atomic E-state index is -0.415. The summed E-state index contributed by atoms with van der Waals surface area (Å²) >= 11 is 0. The van der Waals surface area contributed by atoms with Crippen LogP contribution in [0.4, 0.5) is 4.39 Å². The Morgan fingerprint density at radius 2 is 1.73 bits per heavy atom. The van der Waals surface area contributed by atoms with E-state index in [0.29, 0.717) is 12.4 Å². The molecule has 3 nitrogen and oxygen atoms in total. The number of rotatable bonds is 1. The van der Waals surface area contributed by atoms with Gasteiger partial charge in [-0.1, -0.05) is 12.5 Å². The Labute approximate surface area is 133 Å². The molecule has 0 bridgehead atoms. The van der Waals surface area contributed by atoms with Crippen molar-refractivity contribution in [1.29, 1.82) is 0 Å². The smallest absolute Gasteiger partial charge is 0.466 e. The molecule has 5 heteroatoms. The molecule has 1 aliphatic carbocycles. The van der Waals surface area contributed by atoms with Crippen LogP contribution in [0.5, 0.6) is 0 Å². The van der Waals surface area contributed by atoms with Crippen LogP contribution in [-0.4, -0.2) is 24.9 Å². The largest absolute Gasteiger partial charge is 0.491 e. The van der Waals surface area contributed by atoms with Gasteiger partial charge in [0.25, 0.3) is 0 Å². The maximum atomic E-state index is 14.8. The first-order valence-electron chi connectivity index (χ1n) is 8.24. The lowest BCUT2D eigenvalue weighted by Crippen LogP contribution is -2.41. The average molecular weight is 308 g/mol. The lowest BCUT2D eigenvalue weighted by Gasteiger charge is -2.35. The van der Waals surface area contributed by atoms with Crippen molar-refractivity contribution in [2.45, 2.75) is 71.4 Å². The highest BCUT2D eigenvalue weighted by atomic mass is 19.1. The van der Waals surface area contributed by atoms with Gasteiger partial charge in [-0.05, 0) is 53.0 Å². The fourth-order valence-corrected chi connectivity index (χ4v) is 3.63. The highest BCUT2D eigenvalue weighted by Gasteiger charge is 2.56. The SMILES string of the molecule is CC1=C2CCCOC2=C(F)C(C)C1B1OC(C)(C)C(C)(C)O1. The summed E-state index contributed by atoms with van der Waals surface area (Å²) in [5.41, 5.74) is 1.38.